The van der Waals surface area contributed by atoms with Gasteiger partial charge in [0.25, 0.3) is 0 Å². The highest BCUT2D eigenvalue weighted by molar-refractivity contribution is 5.79. The van der Waals surface area contributed by atoms with E-state index < -0.39 is 0 Å². The third-order valence-corrected chi connectivity index (χ3v) is 5.85. The van der Waals surface area contributed by atoms with Crippen LogP contribution >= 0.6 is 0 Å². The van der Waals surface area contributed by atoms with Crippen molar-refractivity contribution in [2.45, 2.75) is 33.2 Å². The molecule has 2 aromatic carbocycles. The summed E-state index contributed by atoms with van der Waals surface area (Å²) in [5, 5.41) is 11.5. The molecule has 1 fully saturated rings. The Kier molecular flexibility index (Phi) is 6.21. The fourth-order valence-electron chi connectivity index (χ4n) is 3.84. The van der Waals surface area contributed by atoms with Gasteiger partial charge >= 0.3 is 6.01 Å². The van der Waals surface area contributed by atoms with Crippen molar-refractivity contribution in [3.63, 3.8) is 0 Å². The molecule has 7 nitrogen and oxygen atoms in total. The standard InChI is InChI=1S/C24H28N4O3/c1-16-4-5-17(2)20(14-16)15-25-22(29)18-10-12-28(13-11-18)24-27-26-23(31-24)19-6-8-21(30-3)9-7-19/h4-9,14,18H,10-13,15H2,1-3H3,(H,25,29). The Labute approximate surface area is 182 Å². The highest BCUT2D eigenvalue weighted by Crippen LogP contribution is 2.27. The van der Waals surface area contributed by atoms with Gasteiger partial charge in [-0.2, -0.15) is 0 Å². The minimum Gasteiger partial charge on any atom is -0.497 e. The van der Waals surface area contributed by atoms with E-state index in [-0.39, 0.29) is 11.8 Å². The molecule has 0 saturated carbocycles. The molecule has 4 rings (SSSR count). The number of anilines is 1. The Morgan fingerprint density at radius 2 is 1.87 bits per heavy atom. The first kappa shape index (κ1) is 20.9. The lowest BCUT2D eigenvalue weighted by atomic mass is 9.96. The monoisotopic (exact) mass is 420 g/mol. The summed E-state index contributed by atoms with van der Waals surface area (Å²) in [5.41, 5.74) is 4.42. The second-order valence-corrected chi connectivity index (χ2v) is 8.03. The largest absolute Gasteiger partial charge is 0.497 e. The summed E-state index contributed by atoms with van der Waals surface area (Å²) < 4.78 is 11.1. The molecule has 1 saturated heterocycles. The first-order chi connectivity index (χ1) is 15.0. The van der Waals surface area contributed by atoms with Crippen molar-refractivity contribution in [2.75, 3.05) is 25.1 Å². The predicted molar refractivity (Wildman–Crippen MR) is 119 cm³/mol. The van der Waals surface area contributed by atoms with Crippen LogP contribution in [0.1, 0.15) is 29.5 Å². The molecule has 1 aliphatic rings. The summed E-state index contributed by atoms with van der Waals surface area (Å²) in [6, 6.07) is 14.3. The number of carbonyl (C=O) groups excluding carboxylic acids is 1. The molecule has 31 heavy (non-hydrogen) atoms. The number of amides is 1. The zero-order valence-electron chi connectivity index (χ0n) is 18.2. The minimum atomic E-state index is 0.00495. The lowest BCUT2D eigenvalue weighted by Crippen LogP contribution is -2.40. The van der Waals surface area contributed by atoms with Crippen LogP contribution in [0.25, 0.3) is 11.5 Å². The number of piperidine rings is 1. The van der Waals surface area contributed by atoms with Gasteiger partial charge < -0.3 is 19.4 Å². The van der Waals surface area contributed by atoms with E-state index in [1.165, 1.54) is 16.7 Å². The van der Waals surface area contributed by atoms with Crippen molar-refractivity contribution in [3.05, 3.63) is 59.2 Å². The van der Waals surface area contributed by atoms with E-state index in [2.05, 4.69) is 52.5 Å². The lowest BCUT2D eigenvalue weighted by Gasteiger charge is -2.29. The lowest BCUT2D eigenvalue weighted by molar-refractivity contribution is -0.125. The van der Waals surface area contributed by atoms with Crippen LogP contribution in [-0.2, 0) is 11.3 Å². The number of carbonyl (C=O) groups is 1. The number of aromatic nitrogens is 2. The quantitative estimate of drug-likeness (QED) is 0.652. The topological polar surface area (TPSA) is 80.5 Å². The van der Waals surface area contributed by atoms with Crippen molar-refractivity contribution in [3.8, 4) is 17.2 Å². The molecule has 162 valence electrons. The maximum atomic E-state index is 12.7. The Morgan fingerprint density at radius 1 is 1.13 bits per heavy atom. The van der Waals surface area contributed by atoms with Crippen LogP contribution in [0.15, 0.2) is 46.9 Å². The number of hydrogen-bond donors (Lipinski definition) is 1. The van der Waals surface area contributed by atoms with Crippen LogP contribution in [-0.4, -0.2) is 36.3 Å². The molecule has 0 unspecified atom stereocenters. The summed E-state index contributed by atoms with van der Waals surface area (Å²) in [7, 11) is 1.63. The van der Waals surface area contributed by atoms with Crippen LogP contribution < -0.4 is 15.0 Å². The van der Waals surface area contributed by atoms with E-state index in [4.69, 9.17) is 9.15 Å². The fourth-order valence-corrected chi connectivity index (χ4v) is 3.84. The molecular weight excluding hydrogens is 392 g/mol. The molecule has 0 aliphatic carbocycles. The average molecular weight is 421 g/mol. The number of nitrogens with zero attached hydrogens (tertiary/aromatic N) is 3. The van der Waals surface area contributed by atoms with Gasteiger partial charge in [-0.15, -0.1) is 5.10 Å². The molecule has 0 radical (unpaired) electrons. The van der Waals surface area contributed by atoms with Crippen LogP contribution in [0.5, 0.6) is 5.75 Å². The molecule has 1 aromatic heterocycles. The molecule has 2 heterocycles. The number of benzene rings is 2. The van der Waals surface area contributed by atoms with Crippen LogP contribution in [0.2, 0.25) is 0 Å². The molecule has 1 N–H and O–H groups in total. The highest BCUT2D eigenvalue weighted by Gasteiger charge is 2.27. The smallest absolute Gasteiger partial charge is 0.318 e. The molecule has 1 amide bonds. The number of aryl methyl sites for hydroxylation is 2. The summed E-state index contributed by atoms with van der Waals surface area (Å²) in [6.45, 7) is 6.14. The minimum absolute atomic E-state index is 0.00495. The number of methoxy groups -OCH3 is 1. The van der Waals surface area contributed by atoms with E-state index in [0.717, 1.165) is 24.2 Å². The van der Waals surface area contributed by atoms with Crippen molar-refractivity contribution >= 4 is 11.9 Å². The highest BCUT2D eigenvalue weighted by atomic mass is 16.5. The van der Waals surface area contributed by atoms with Gasteiger partial charge in [0.15, 0.2) is 0 Å². The van der Waals surface area contributed by atoms with E-state index in [1.807, 2.05) is 24.3 Å². The molecule has 1 aliphatic heterocycles. The van der Waals surface area contributed by atoms with Gasteiger partial charge in [-0.1, -0.05) is 28.9 Å². The number of rotatable bonds is 6. The van der Waals surface area contributed by atoms with Gasteiger partial charge in [-0.25, -0.2) is 0 Å². The Hall–Kier alpha value is -3.35. The van der Waals surface area contributed by atoms with Gasteiger partial charge in [-0.05, 0) is 62.1 Å². The van der Waals surface area contributed by atoms with Crippen LogP contribution in [0, 0.1) is 19.8 Å². The van der Waals surface area contributed by atoms with Gasteiger partial charge in [0.05, 0.1) is 7.11 Å². The molecule has 0 atom stereocenters. The molecule has 0 spiro atoms. The van der Waals surface area contributed by atoms with E-state index in [0.29, 0.717) is 31.5 Å². The van der Waals surface area contributed by atoms with Crippen LogP contribution in [0.4, 0.5) is 6.01 Å². The van der Waals surface area contributed by atoms with Gasteiger partial charge in [-0.3, -0.25) is 4.79 Å². The van der Waals surface area contributed by atoms with Crippen molar-refractivity contribution in [2.24, 2.45) is 5.92 Å². The molecule has 7 heteroatoms. The third kappa shape index (κ3) is 4.87. The number of hydrogen-bond acceptors (Lipinski definition) is 6. The molecule has 0 bridgehead atoms. The SMILES string of the molecule is COc1ccc(-c2nnc(N3CCC(C(=O)NCc4cc(C)ccc4C)CC3)o2)cc1. The first-order valence-electron chi connectivity index (χ1n) is 10.6. The van der Waals surface area contributed by atoms with Crippen molar-refractivity contribution < 1.29 is 13.9 Å². The Bertz CT molecular complexity index is 1040. The molecule has 3 aromatic rings. The number of ether oxygens (including phenoxy) is 1. The van der Waals surface area contributed by atoms with Gasteiger partial charge in [0.1, 0.15) is 5.75 Å². The second-order valence-electron chi connectivity index (χ2n) is 8.03. The van der Waals surface area contributed by atoms with Crippen molar-refractivity contribution in [1.29, 1.82) is 0 Å². The zero-order valence-corrected chi connectivity index (χ0v) is 18.2. The number of nitrogens with one attached hydrogen (secondary N) is 1. The molecular formula is C24H28N4O3. The summed E-state index contributed by atoms with van der Waals surface area (Å²) in [5.74, 6) is 1.38. The fraction of sp³-hybridized carbons (Fsp3) is 0.375. The van der Waals surface area contributed by atoms with E-state index in [1.54, 1.807) is 7.11 Å². The first-order valence-corrected chi connectivity index (χ1v) is 10.6. The normalized spacial score (nSPS) is 14.5. The summed E-state index contributed by atoms with van der Waals surface area (Å²) >= 11 is 0. The Morgan fingerprint density at radius 3 is 2.58 bits per heavy atom. The third-order valence-electron chi connectivity index (χ3n) is 5.85. The van der Waals surface area contributed by atoms with Crippen molar-refractivity contribution in [1.82, 2.24) is 15.5 Å². The zero-order chi connectivity index (χ0) is 21.8. The Balaban J connectivity index is 1.30. The maximum Gasteiger partial charge on any atom is 0.318 e. The summed E-state index contributed by atoms with van der Waals surface area (Å²) in [4.78, 5) is 14.7. The van der Waals surface area contributed by atoms with Crippen LogP contribution in [0.3, 0.4) is 0 Å². The predicted octanol–water partition coefficient (Wildman–Crippen LogP) is 3.89. The van der Waals surface area contributed by atoms with Gasteiger partial charge in [0.2, 0.25) is 11.8 Å². The second kappa shape index (κ2) is 9.20. The average Bonchev–Trinajstić information content (AvgIpc) is 3.30. The van der Waals surface area contributed by atoms with E-state index in [9.17, 15) is 4.79 Å². The summed E-state index contributed by atoms with van der Waals surface area (Å²) in [6.07, 6.45) is 1.53. The maximum absolute atomic E-state index is 12.7. The van der Waals surface area contributed by atoms with E-state index >= 15 is 0 Å². The van der Waals surface area contributed by atoms with Gasteiger partial charge in [0, 0.05) is 31.1 Å².